The number of nitriles is 1. The summed E-state index contributed by atoms with van der Waals surface area (Å²) in [4.78, 5) is 26.2. The quantitative estimate of drug-likeness (QED) is 0.255. The minimum Gasteiger partial charge on any atom is -0.395 e. The molecule has 0 bridgehead atoms. The number of hydrogen-bond acceptors (Lipinski definition) is 7. The molecule has 0 amide bonds. The van der Waals surface area contributed by atoms with Crippen molar-refractivity contribution in [1.29, 1.82) is 5.26 Å². The average Bonchev–Trinajstić information content (AvgIpc) is 3.22. The summed E-state index contributed by atoms with van der Waals surface area (Å²) in [5.41, 5.74) is 4.04. The molecule has 2 heterocycles. The smallest absolute Gasteiger partial charge is 0.395 e. The SMILES string of the molecule is Cc1ccc(-c2nc(C#N)c3nc(OC(=O)Oc4ccccc4)n(-c4ccccc4C)c3n2)cc1. The molecule has 35 heavy (non-hydrogen) atoms. The van der Waals surface area contributed by atoms with Gasteiger partial charge in [0.05, 0.1) is 5.69 Å². The van der Waals surface area contributed by atoms with Crippen molar-refractivity contribution in [3.05, 3.63) is 95.7 Å². The lowest BCUT2D eigenvalue weighted by Gasteiger charge is -2.11. The van der Waals surface area contributed by atoms with Gasteiger partial charge in [0.15, 0.2) is 17.2 Å². The topological polar surface area (TPSA) is 103 Å². The second kappa shape index (κ2) is 9.08. The van der Waals surface area contributed by atoms with E-state index in [0.717, 1.165) is 16.7 Å². The Bertz CT molecular complexity index is 1590. The van der Waals surface area contributed by atoms with Crippen LogP contribution in [0.3, 0.4) is 0 Å². The van der Waals surface area contributed by atoms with Gasteiger partial charge in [-0.2, -0.15) is 10.2 Å². The number of carbonyl (C=O) groups is 1. The number of para-hydroxylation sites is 2. The fourth-order valence-corrected chi connectivity index (χ4v) is 3.63. The molecule has 0 fully saturated rings. The lowest BCUT2D eigenvalue weighted by Crippen LogP contribution is -2.16. The van der Waals surface area contributed by atoms with Crippen molar-refractivity contribution >= 4 is 17.3 Å². The summed E-state index contributed by atoms with van der Waals surface area (Å²) in [6.45, 7) is 3.90. The summed E-state index contributed by atoms with van der Waals surface area (Å²) >= 11 is 0. The molecule has 0 saturated carbocycles. The number of aryl methyl sites for hydroxylation is 2. The van der Waals surface area contributed by atoms with Crippen LogP contribution in [-0.4, -0.2) is 25.7 Å². The Kier molecular flexibility index (Phi) is 5.65. The van der Waals surface area contributed by atoms with Gasteiger partial charge in [-0.3, -0.25) is 0 Å². The number of benzene rings is 3. The van der Waals surface area contributed by atoms with Gasteiger partial charge < -0.3 is 9.47 Å². The van der Waals surface area contributed by atoms with Crippen molar-refractivity contribution in [2.45, 2.75) is 13.8 Å². The zero-order valence-corrected chi connectivity index (χ0v) is 19.0. The number of aromatic nitrogens is 4. The van der Waals surface area contributed by atoms with E-state index in [1.165, 1.54) is 0 Å². The van der Waals surface area contributed by atoms with E-state index >= 15 is 0 Å². The number of hydrogen-bond donors (Lipinski definition) is 0. The number of ether oxygens (including phenoxy) is 2. The van der Waals surface area contributed by atoms with Crippen molar-refractivity contribution in [2.24, 2.45) is 0 Å². The standard InChI is InChI=1S/C27H19N5O3/c1-17-12-14-19(15-13-17)24-29-21(16-28)23-25(31-24)32(22-11-7-6-8-18(22)2)26(30-23)35-27(33)34-20-9-4-3-5-10-20/h3-15H,1-2H3. The van der Waals surface area contributed by atoms with Crippen LogP contribution in [0.25, 0.3) is 28.2 Å². The summed E-state index contributed by atoms with van der Waals surface area (Å²) in [7, 11) is 0. The fourth-order valence-electron chi connectivity index (χ4n) is 3.63. The molecule has 0 N–H and O–H groups in total. The van der Waals surface area contributed by atoms with Crippen molar-refractivity contribution in [3.63, 3.8) is 0 Å². The summed E-state index contributed by atoms with van der Waals surface area (Å²) in [6, 6.07) is 25.8. The van der Waals surface area contributed by atoms with Crippen molar-refractivity contribution in [1.82, 2.24) is 19.5 Å². The van der Waals surface area contributed by atoms with Gasteiger partial charge in [0, 0.05) is 5.56 Å². The number of carbonyl (C=O) groups excluding carboxylic acids is 1. The molecular formula is C27H19N5O3. The monoisotopic (exact) mass is 461 g/mol. The summed E-state index contributed by atoms with van der Waals surface area (Å²) in [5.74, 6) is 0.692. The third-order valence-corrected chi connectivity index (χ3v) is 5.37. The van der Waals surface area contributed by atoms with Gasteiger partial charge >= 0.3 is 12.2 Å². The maximum atomic E-state index is 12.6. The molecule has 170 valence electrons. The van der Waals surface area contributed by atoms with E-state index < -0.39 is 6.16 Å². The molecule has 5 rings (SSSR count). The van der Waals surface area contributed by atoms with Gasteiger partial charge in [-0.1, -0.05) is 66.2 Å². The Morgan fingerprint density at radius 3 is 2.29 bits per heavy atom. The first-order chi connectivity index (χ1) is 17.0. The van der Waals surface area contributed by atoms with Crippen molar-refractivity contribution in [2.75, 3.05) is 0 Å². The van der Waals surface area contributed by atoms with Gasteiger partial charge in [-0.05, 0) is 37.6 Å². The van der Waals surface area contributed by atoms with Gasteiger partial charge in [-0.15, -0.1) is 0 Å². The average molecular weight is 461 g/mol. The Morgan fingerprint density at radius 1 is 0.857 bits per heavy atom. The molecule has 2 aromatic heterocycles. The third kappa shape index (κ3) is 4.30. The molecule has 0 aliphatic carbocycles. The molecule has 8 nitrogen and oxygen atoms in total. The van der Waals surface area contributed by atoms with Crippen LogP contribution in [0, 0.1) is 25.2 Å². The summed E-state index contributed by atoms with van der Waals surface area (Å²) in [5, 5.41) is 9.83. The first-order valence-corrected chi connectivity index (χ1v) is 10.8. The largest absolute Gasteiger partial charge is 0.521 e. The third-order valence-electron chi connectivity index (χ3n) is 5.37. The number of fused-ring (bicyclic) bond motifs is 1. The van der Waals surface area contributed by atoms with E-state index in [0.29, 0.717) is 22.9 Å². The highest BCUT2D eigenvalue weighted by molar-refractivity contribution is 5.83. The van der Waals surface area contributed by atoms with Gasteiger partial charge in [0.2, 0.25) is 0 Å². The van der Waals surface area contributed by atoms with Crippen molar-refractivity contribution in [3.8, 4) is 34.9 Å². The summed E-state index contributed by atoms with van der Waals surface area (Å²) in [6.07, 6.45) is -0.966. The Hall–Kier alpha value is -5.03. The molecule has 0 unspecified atom stereocenters. The van der Waals surface area contributed by atoms with Crippen LogP contribution in [-0.2, 0) is 0 Å². The van der Waals surface area contributed by atoms with Crippen molar-refractivity contribution < 1.29 is 14.3 Å². The molecule has 5 aromatic rings. The zero-order valence-electron chi connectivity index (χ0n) is 19.0. The molecule has 0 spiro atoms. The maximum absolute atomic E-state index is 12.6. The van der Waals surface area contributed by atoms with Gasteiger partial charge in [0.1, 0.15) is 17.3 Å². The van der Waals surface area contributed by atoms with Crippen LogP contribution >= 0.6 is 0 Å². The van der Waals surface area contributed by atoms with Gasteiger partial charge in [-0.25, -0.2) is 19.3 Å². The Labute approximate surface area is 201 Å². The first kappa shape index (κ1) is 21.8. The second-order valence-electron chi connectivity index (χ2n) is 7.83. The Morgan fingerprint density at radius 2 is 1.57 bits per heavy atom. The normalized spacial score (nSPS) is 10.7. The zero-order chi connectivity index (χ0) is 24.4. The van der Waals surface area contributed by atoms with Crippen LogP contribution in [0.4, 0.5) is 4.79 Å². The van der Waals surface area contributed by atoms with E-state index in [1.807, 2.05) is 68.4 Å². The van der Waals surface area contributed by atoms with E-state index in [9.17, 15) is 10.1 Å². The molecule has 0 radical (unpaired) electrons. The predicted molar refractivity (Wildman–Crippen MR) is 129 cm³/mol. The summed E-state index contributed by atoms with van der Waals surface area (Å²) < 4.78 is 12.4. The first-order valence-electron chi connectivity index (χ1n) is 10.8. The number of nitrogens with zero attached hydrogens (tertiary/aromatic N) is 5. The predicted octanol–water partition coefficient (Wildman–Crippen LogP) is 5.55. The highest BCUT2D eigenvalue weighted by Crippen LogP contribution is 2.30. The molecule has 0 aliphatic heterocycles. The van der Waals surface area contributed by atoms with Crippen LogP contribution in [0.15, 0.2) is 78.9 Å². The lowest BCUT2D eigenvalue weighted by atomic mass is 10.1. The van der Waals surface area contributed by atoms with E-state index in [2.05, 4.69) is 16.0 Å². The van der Waals surface area contributed by atoms with E-state index in [-0.39, 0.29) is 17.2 Å². The number of rotatable bonds is 4. The number of imidazole rings is 1. The van der Waals surface area contributed by atoms with Crippen LogP contribution < -0.4 is 9.47 Å². The van der Waals surface area contributed by atoms with Crippen LogP contribution in [0.1, 0.15) is 16.8 Å². The molecule has 0 atom stereocenters. The molecule has 3 aromatic carbocycles. The minimum atomic E-state index is -0.966. The Balaban J connectivity index is 1.68. The lowest BCUT2D eigenvalue weighted by molar-refractivity contribution is 0.147. The maximum Gasteiger partial charge on any atom is 0.521 e. The molecular weight excluding hydrogens is 442 g/mol. The minimum absolute atomic E-state index is 0.0687. The van der Waals surface area contributed by atoms with E-state index in [1.54, 1.807) is 28.8 Å². The van der Waals surface area contributed by atoms with Crippen LogP contribution in [0.2, 0.25) is 0 Å². The molecule has 0 saturated heterocycles. The fraction of sp³-hybridized carbons (Fsp3) is 0.0741. The van der Waals surface area contributed by atoms with E-state index in [4.69, 9.17) is 14.5 Å². The molecule has 0 aliphatic rings. The highest BCUT2D eigenvalue weighted by atomic mass is 16.7. The highest BCUT2D eigenvalue weighted by Gasteiger charge is 2.24. The second-order valence-corrected chi connectivity index (χ2v) is 7.83. The van der Waals surface area contributed by atoms with Crippen LogP contribution in [0.5, 0.6) is 11.8 Å². The molecule has 8 heteroatoms. The van der Waals surface area contributed by atoms with Gasteiger partial charge in [0.25, 0.3) is 0 Å².